The summed E-state index contributed by atoms with van der Waals surface area (Å²) in [6, 6.07) is 44.0. The minimum absolute atomic E-state index is 0.0669. The first kappa shape index (κ1) is 21.5. The van der Waals surface area contributed by atoms with E-state index < -0.39 is 0 Å². The fourth-order valence-electron chi connectivity index (χ4n) is 8.03. The molecule has 11 aromatic carbocycles. The van der Waals surface area contributed by atoms with Crippen LogP contribution in [0.4, 0.5) is 0 Å². The quantitative estimate of drug-likeness (QED) is 0.168. The maximum atomic E-state index is 9.97. The molecule has 0 N–H and O–H groups in total. The van der Waals surface area contributed by atoms with Crippen LogP contribution in [0.2, 0.25) is 0 Å². The molecule has 0 unspecified atom stereocenters. The second-order valence-electron chi connectivity index (χ2n) is 13.1. The lowest BCUT2D eigenvalue weighted by Crippen LogP contribution is -1.91. The van der Waals surface area contributed by atoms with Crippen molar-refractivity contribution >= 4 is 64.6 Å². The Morgan fingerprint density at radius 1 is 0.260 bits per heavy atom. The van der Waals surface area contributed by atoms with Gasteiger partial charge in [-0.2, -0.15) is 0 Å². The zero-order valence-corrected chi connectivity index (χ0v) is 26.8. The van der Waals surface area contributed by atoms with Gasteiger partial charge < -0.3 is 0 Å². The molecule has 0 aliphatic heterocycles. The summed E-state index contributed by atoms with van der Waals surface area (Å²) < 4.78 is 67.4. The van der Waals surface area contributed by atoms with Crippen molar-refractivity contribution in [2.75, 3.05) is 0 Å². The van der Waals surface area contributed by atoms with E-state index in [1.807, 2.05) is 78.9 Å². The molecule has 0 heteroatoms. The van der Waals surface area contributed by atoms with Crippen molar-refractivity contribution in [1.29, 1.82) is 0 Å². The molecule has 50 heavy (non-hydrogen) atoms. The topological polar surface area (TPSA) is 0 Å². The smallest absolute Gasteiger partial charge is 0.0622 e. The summed E-state index contributed by atoms with van der Waals surface area (Å²) in [5.74, 6) is 0. The van der Waals surface area contributed by atoms with Gasteiger partial charge in [0, 0.05) is 0 Å². The third-order valence-corrected chi connectivity index (χ3v) is 10.3. The van der Waals surface area contributed by atoms with Gasteiger partial charge in [-0.3, -0.25) is 0 Å². The Hall–Kier alpha value is -6.50. The normalized spacial score (nSPS) is 14.0. The van der Waals surface area contributed by atoms with Gasteiger partial charge >= 0.3 is 0 Å². The van der Waals surface area contributed by atoms with Gasteiger partial charge in [-0.25, -0.2) is 0 Å². The van der Waals surface area contributed by atoms with Crippen LogP contribution in [0.15, 0.2) is 182 Å². The molecular formula is C50H30. The molecule has 0 saturated heterocycles. The summed E-state index contributed by atoms with van der Waals surface area (Å²) in [5, 5.41) is 12.2. The van der Waals surface area contributed by atoms with Crippen LogP contribution in [-0.4, -0.2) is 0 Å². The Kier molecular flexibility index (Phi) is 4.51. The number of rotatable bonds is 4. The molecule has 0 bridgehead atoms. The van der Waals surface area contributed by atoms with E-state index >= 15 is 0 Å². The van der Waals surface area contributed by atoms with Crippen LogP contribution in [0, 0.1) is 0 Å². The van der Waals surface area contributed by atoms with E-state index in [9.17, 15) is 9.60 Å². The first-order valence-corrected chi connectivity index (χ1v) is 16.9. The number of hydrogen-bond acceptors (Lipinski definition) is 0. The molecule has 0 spiro atoms. The SMILES string of the molecule is [2H]c1c([2H])c(-c2ccc3ccc4cccc5ccc2c3c45)c([2H])c([2H])c1-c1c([2H])c(-c2ccc3ccc4cccc5ccc2c3c45)c([2H])c([2H])c1-c1ccccc1. The van der Waals surface area contributed by atoms with Gasteiger partial charge in [0.2, 0.25) is 0 Å². The van der Waals surface area contributed by atoms with E-state index in [2.05, 4.69) is 48.5 Å². The van der Waals surface area contributed by atoms with Gasteiger partial charge in [-0.1, -0.05) is 176 Å². The first-order valence-electron chi connectivity index (χ1n) is 20.4. The fourth-order valence-corrected chi connectivity index (χ4v) is 8.03. The van der Waals surface area contributed by atoms with Crippen LogP contribution in [0.25, 0.3) is 109 Å². The molecule has 0 saturated carbocycles. The van der Waals surface area contributed by atoms with E-state index in [0.29, 0.717) is 16.7 Å². The van der Waals surface area contributed by atoms with Gasteiger partial charge in [0.05, 0.1) is 9.60 Å². The third kappa shape index (κ3) is 4.00. The minimum atomic E-state index is -0.305. The lowest BCUT2D eigenvalue weighted by Gasteiger charge is -2.17. The standard InChI is InChI=1S/C50H30/c1-2-6-31(7-3-1)42-27-24-40(43-26-21-39-19-17-35-9-5-11-37-23-29-45(43)50(39)48(35)37)30-46(42)33-14-12-32(13-15-33)41-25-20-38-18-16-34-8-4-10-36-22-28-44(41)49(38)47(34)36/h1-30H/i12D,13D,14D,15D,24D,27D,30D. The number of hydrogen-bond donors (Lipinski definition) is 0. The maximum Gasteiger partial charge on any atom is 0.0636 e. The average Bonchev–Trinajstić information content (AvgIpc) is 3.24. The van der Waals surface area contributed by atoms with Gasteiger partial charge in [0.1, 0.15) is 0 Å². The van der Waals surface area contributed by atoms with Crippen LogP contribution in [0.5, 0.6) is 0 Å². The van der Waals surface area contributed by atoms with E-state index in [4.69, 9.17) is 0 Å². The highest BCUT2D eigenvalue weighted by molar-refractivity contribution is 6.26. The van der Waals surface area contributed by atoms with E-state index in [-0.39, 0.29) is 70.1 Å². The highest BCUT2D eigenvalue weighted by Gasteiger charge is 2.16. The van der Waals surface area contributed by atoms with Crippen LogP contribution >= 0.6 is 0 Å². The van der Waals surface area contributed by atoms with Crippen molar-refractivity contribution < 1.29 is 9.60 Å². The molecule has 11 rings (SSSR count). The fraction of sp³-hybridized carbons (Fsp3) is 0. The average molecular weight is 638 g/mol. The molecule has 0 nitrogen and oxygen atoms in total. The molecule has 0 aliphatic carbocycles. The lowest BCUT2D eigenvalue weighted by molar-refractivity contribution is 1.57. The molecule has 0 radical (unpaired) electrons. The predicted octanol–water partition coefficient (Wildman–Crippen LogP) is 14.1. The Morgan fingerprint density at radius 3 is 1.22 bits per heavy atom. The summed E-state index contributed by atoms with van der Waals surface area (Å²) in [4.78, 5) is 0. The van der Waals surface area contributed by atoms with E-state index in [0.717, 1.165) is 64.6 Å². The molecule has 0 heterocycles. The van der Waals surface area contributed by atoms with E-state index in [1.165, 1.54) is 0 Å². The summed E-state index contributed by atoms with van der Waals surface area (Å²) >= 11 is 0. The van der Waals surface area contributed by atoms with Crippen molar-refractivity contribution in [3.63, 3.8) is 0 Å². The highest BCUT2D eigenvalue weighted by atomic mass is 14.2. The summed E-state index contributed by atoms with van der Waals surface area (Å²) in [5.41, 5.74) is 2.39. The van der Waals surface area contributed by atoms with Crippen molar-refractivity contribution in [2.45, 2.75) is 0 Å². The molecule has 0 aliphatic rings. The van der Waals surface area contributed by atoms with E-state index in [1.54, 1.807) is 12.1 Å². The van der Waals surface area contributed by atoms with Gasteiger partial charge in [0.15, 0.2) is 0 Å². The van der Waals surface area contributed by atoms with Crippen molar-refractivity contribution in [2.24, 2.45) is 0 Å². The monoisotopic (exact) mass is 637 g/mol. The summed E-state index contributed by atoms with van der Waals surface area (Å²) in [6.07, 6.45) is 0. The van der Waals surface area contributed by atoms with Crippen molar-refractivity contribution in [3.05, 3.63) is 182 Å². The first-order chi connectivity index (χ1) is 27.7. The molecule has 0 fully saturated rings. The summed E-state index contributed by atoms with van der Waals surface area (Å²) in [7, 11) is 0. The third-order valence-electron chi connectivity index (χ3n) is 10.3. The number of benzene rings is 11. The van der Waals surface area contributed by atoms with Crippen LogP contribution in [0.3, 0.4) is 0 Å². The Labute approximate surface area is 300 Å². The Bertz CT molecular complexity index is 3420. The molecule has 0 aromatic heterocycles. The van der Waals surface area contributed by atoms with Crippen molar-refractivity contribution in [3.8, 4) is 44.5 Å². The van der Waals surface area contributed by atoms with Gasteiger partial charge in [-0.05, 0) is 115 Å². The van der Waals surface area contributed by atoms with Gasteiger partial charge in [0.25, 0.3) is 0 Å². The molecule has 0 amide bonds. The maximum absolute atomic E-state index is 9.97. The second kappa shape index (κ2) is 10.5. The lowest BCUT2D eigenvalue weighted by atomic mass is 9.86. The minimum Gasteiger partial charge on any atom is -0.0622 e. The Balaban J connectivity index is 1.22. The zero-order chi connectivity index (χ0) is 38.9. The highest BCUT2D eigenvalue weighted by Crippen LogP contribution is 2.43. The second-order valence-corrected chi connectivity index (χ2v) is 13.1. The molecular weight excluding hydrogens is 601 g/mol. The molecule has 0 atom stereocenters. The van der Waals surface area contributed by atoms with Crippen LogP contribution in [-0.2, 0) is 0 Å². The van der Waals surface area contributed by atoms with Crippen LogP contribution < -0.4 is 0 Å². The largest absolute Gasteiger partial charge is 0.0636 e. The Morgan fingerprint density at radius 2 is 0.680 bits per heavy atom. The molecule has 230 valence electrons. The zero-order valence-electron chi connectivity index (χ0n) is 33.8. The summed E-state index contributed by atoms with van der Waals surface area (Å²) in [6.45, 7) is 0. The van der Waals surface area contributed by atoms with Crippen LogP contribution in [0.1, 0.15) is 9.60 Å². The predicted molar refractivity (Wildman–Crippen MR) is 216 cm³/mol. The molecule has 11 aromatic rings. The van der Waals surface area contributed by atoms with Crippen molar-refractivity contribution in [1.82, 2.24) is 0 Å². The van der Waals surface area contributed by atoms with Gasteiger partial charge in [-0.15, -0.1) is 0 Å².